The van der Waals surface area contributed by atoms with Crippen LogP contribution in [0.4, 0.5) is 0 Å². The van der Waals surface area contributed by atoms with Gasteiger partial charge >= 0.3 is 0 Å². The molecule has 0 spiro atoms. The highest BCUT2D eigenvalue weighted by molar-refractivity contribution is 5.11. The van der Waals surface area contributed by atoms with Gasteiger partial charge in [0.15, 0.2) is 0 Å². The summed E-state index contributed by atoms with van der Waals surface area (Å²) in [6.45, 7) is 1.07. The predicted molar refractivity (Wildman–Crippen MR) is 50.1 cm³/mol. The monoisotopic (exact) mass is 178 g/mol. The molecule has 13 heavy (non-hydrogen) atoms. The van der Waals surface area contributed by atoms with Crippen molar-refractivity contribution >= 4 is 0 Å². The van der Waals surface area contributed by atoms with E-state index in [1.807, 2.05) is 12.1 Å². The third-order valence-electron chi connectivity index (χ3n) is 2.57. The maximum atomic E-state index is 9.06. The Bertz CT molecular complexity index is 270. The van der Waals surface area contributed by atoms with E-state index in [-0.39, 0.29) is 12.1 Å². The van der Waals surface area contributed by atoms with Gasteiger partial charge in [-0.05, 0) is 30.5 Å². The Kier molecular flexibility index (Phi) is 2.29. The largest absolute Gasteiger partial charge is 0.394 e. The highest BCUT2D eigenvalue weighted by Crippen LogP contribution is 2.34. The Morgan fingerprint density at radius 1 is 1.38 bits per heavy atom. The number of hydrogen-bond donors (Lipinski definition) is 2. The predicted octanol–water partition coefficient (Wildman–Crippen LogP) is 0.696. The minimum atomic E-state index is 0.0310. The number of aromatic nitrogens is 1. The summed E-state index contributed by atoms with van der Waals surface area (Å²) in [6, 6.07) is 3.97. The number of nitrogens with zero attached hydrogens (tertiary/aromatic N) is 1. The molecule has 3 heteroatoms. The Labute approximate surface area is 77.8 Å². The van der Waals surface area contributed by atoms with Crippen LogP contribution < -0.4 is 5.32 Å². The fourth-order valence-corrected chi connectivity index (χ4v) is 1.33. The van der Waals surface area contributed by atoms with Crippen molar-refractivity contribution in [3.8, 4) is 0 Å². The van der Waals surface area contributed by atoms with Gasteiger partial charge in [0.05, 0.1) is 6.61 Å². The van der Waals surface area contributed by atoms with Crippen LogP contribution in [0.3, 0.4) is 0 Å². The van der Waals surface area contributed by atoms with Gasteiger partial charge in [0, 0.05) is 24.5 Å². The molecule has 1 aromatic heterocycles. The molecule has 1 fully saturated rings. The van der Waals surface area contributed by atoms with Gasteiger partial charge in [-0.25, -0.2) is 0 Å². The van der Waals surface area contributed by atoms with Gasteiger partial charge in [0.2, 0.25) is 0 Å². The minimum absolute atomic E-state index is 0.0310. The number of pyridine rings is 1. The second-order valence-corrected chi connectivity index (χ2v) is 3.65. The van der Waals surface area contributed by atoms with E-state index in [9.17, 15) is 0 Å². The molecule has 1 heterocycles. The van der Waals surface area contributed by atoms with E-state index in [2.05, 4.69) is 10.3 Å². The summed E-state index contributed by atoms with van der Waals surface area (Å²) in [5, 5.41) is 12.4. The summed E-state index contributed by atoms with van der Waals surface area (Å²) in [6.07, 6.45) is 5.76. The standard InChI is InChI=1S/C10H14N2O/c13-8-10(3-4-10)12-7-9-1-5-11-6-2-9/h1-2,5-6,12-13H,3-4,7-8H2. The number of rotatable bonds is 4. The molecule has 0 saturated heterocycles. The van der Waals surface area contributed by atoms with Gasteiger partial charge < -0.3 is 10.4 Å². The summed E-state index contributed by atoms with van der Waals surface area (Å²) in [5.41, 5.74) is 1.25. The van der Waals surface area contributed by atoms with Gasteiger partial charge in [0.1, 0.15) is 0 Å². The molecule has 3 nitrogen and oxygen atoms in total. The van der Waals surface area contributed by atoms with Crippen molar-refractivity contribution in [2.45, 2.75) is 24.9 Å². The molecule has 1 aromatic rings. The third-order valence-corrected chi connectivity index (χ3v) is 2.57. The molecule has 70 valence electrons. The van der Waals surface area contributed by atoms with Crippen molar-refractivity contribution in [3.05, 3.63) is 30.1 Å². The van der Waals surface area contributed by atoms with E-state index < -0.39 is 0 Å². The topological polar surface area (TPSA) is 45.1 Å². The first-order valence-electron chi connectivity index (χ1n) is 4.59. The van der Waals surface area contributed by atoms with Crippen molar-refractivity contribution in [1.82, 2.24) is 10.3 Å². The van der Waals surface area contributed by atoms with E-state index >= 15 is 0 Å². The lowest BCUT2D eigenvalue weighted by molar-refractivity contribution is 0.229. The normalized spacial score (nSPS) is 18.5. The molecular formula is C10H14N2O. The van der Waals surface area contributed by atoms with E-state index in [1.54, 1.807) is 12.4 Å². The molecular weight excluding hydrogens is 164 g/mol. The lowest BCUT2D eigenvalue weighted by atomic mass is 10.2. The van der Waals surface area contributed by atoms with Crippen molar-refractivity contribution in [2.24, 2.45) is 0 Å². The Hall–Kier alpha value is -0.930. The molecule has 2 N–H and O–H groups in total. The summed E-state index contributed by atoms with van der Waals surface area (Å²) in [4.78, 5) is 3.95. The van der Waals surface area contributed by atoms with Gasteiger partial charge in [-0.15, -0.1) is 0 Å². The first-order chi connectivity index (χ1) is 6.35. The molecule has 0 aromatic carbocycles. The van der Waals surface area contributed by atoms with Crippen molar-refractivity contribution in [3.63, 3.8) is 0 Å². The maximum Gasteiger partial charge on any atom is 0.0613 e. The molecule has 0 aliphatic heterocycles. The zero-order valence-corrected chi connectivity index (χ0v) is 7.53. The van der Waals surface area contributed by atoms with Crippen molar-refractivity contribution in [1.29, 1.82) is 0 Å². The smallest absolute Gasteiger partial charge is 0.0613 e. The van der Waals surface area contributed by atoms with Gasteiger partial charge in [0.25, 0.3) is 0 Å². The molecule has 0 atom stereocenters. The zero-order valence-electron chi connectivity index (χ0n) is 7.53. The van der Waals surface area contributed by atoms with Gasteiger partial charge in [-0.3, -0.25) is 4.98 Å². The number of nitrogens with one attached hydrogen (secondary N) is 1. The average Bonchev–Trinajstić information content (AvgIpc) is 2.97. The fourth-order valence-electron chi connectivity index (χ4n) is 1.33. The molecule has 1 aliphatic rings. The number of aliphatic hydroxyl groups excluding tert-OH is 1. The van der Waals surface area contributed by atoms with Crippen LogP contribution in [0.2, 0.25) is 0 Å². The molecule has 2 rings (SSSR count). The number of aliphatic hydroxyl groups is 1. The zero-order chi connectivity index (χ0) is 9.15. The molecule has 1 saturated carbocycles. The second-order valence-electron chi connectivity index (χ2n) is 3.65. The van der Waals surface area contributed by atoms with Gasteiger partial charge in [-0.2, -0.15) is 0 Å². The van der Waals surface area contributed by atoms with E-state index in [0.29, 0.717) is 0 Å². The molecule has 1 aliphatic carbocycles. The lowest BCUT2D eigenvalue weighted by Gasteiger charge is -2.13. The first kappa shape index (κ1) is 8.66. The fraction of sp³-hybridized carbons (Fsp3) is 0.500. The Morgan fingerprint density at radius 2 is 2.08 bits per heavy atom. The van der Waals surface area contributed by atoms with E-state index in [4.69, 9.17) is 5.11 Å². The highest BCUT2D eigenvalue weighted by atomic mass is 16.3. The molecule has 0 unspecified atom stereocenters. The van der Waals surface area contributed by atoms with Crippen LogP contribution in [0, 0.1) is 0 Å². The summed E-state index contributed by atoms with van der Waals surface area (Å²) >= 11 is 0. The summed E-state index contributed by atoms with van der Waals surface area (Å²) in [5.74, 6) is 0. The highest BCUT2D eigenvalue weighted by Gasteiger charge is 2.41. The number of hydrogen-bond acceptors (Lipinski definition) is 3. The van der Waals surface area contributed by atoms with Crippen LogP contribution in [0.15, 0.2) is 24.5 Å². The van der Waals surface area contributed by atoms with Crippen molar-refractivity contribution < 1.29 is 5.11 Å². The van der Waals surface area contributed by atoms with Crippen LogP contribution in [0.1, 0.15) is 18.4 Å². The summed E-state index contributed by atoms with van der Waals surface area (Å²) in [7, 11) is 0. The second kappa shape index (κ2) is 3.44. The molecule has 0 radical (unpaired) electrons. The third kappa shape index (κ3) is 2.05. The minimum Gasteiger partial charge on any atom is -0.394 e. The summed E-state index contributed by atoms with van der Waals surface area (Å²) < 4.78 is 0. The quantitative estimate of drug-likeness (QED) is 0.713. The maximum absolute atomic E-state index is 9.06. The van der Waals surface area contributed by atoms with Crippen LogP contribution in [0.25, 0.3) is 0 Å². The Morgan fingerprint density at radius 3 is 2.62 bits per heavy atom. The van der Waals surface area contributed by atoms with Gasteiger partial charge in [-0.1, -0.05) is 0 Å². The average molecular weight is 178 g/mol. The first-order valence-corrected chi connectivity index (χ1v) is 4.59. The van der Waals surface area contributed by atoms with Crippen LogP contribution in [0.5, 0.6) is 0 Å². The SMILES string of the molecule is OCC1(NCc2ccncc2)CC1. The van der Waals surface area contributed by atoms with Crippen molar-refractivity contribution in [2.75, 3.05) is 6.61 Å². The Balaban J connectivity index is 1.86. The molecule has 0 bridgehead atoms. The lowest BCUT2D eigenvalue weighted by Crippen LogP contribution is -2.34. The van der Waals surface area contributed by atoms with E-state index in [0.717, 1.165) is 19.4 Å². The van der Waals surface area contributed by atoms with Crippen LogP contribution >= 0.6 is 0 Å². The molecule has 0 amide bonds. The van der Waals surface area contributed by atoms with Crippen LogP contribution in [-0.2, 0) is 6.54 Å². The van der Waals surface area contributed by atoms with E-state index in [1.165, 1.54) is 5.56 Å². The van der Waals surface area contributed by atoms with Crippen LogP contribution in [-0.4, -0.2) is 22.2 Å².